The first-order chi connectivity index (χ1) is 34.2. The summed E-state index contributed by atoms with van der Waals surface area (Å²) < 4.78 is 19.4. The molecule has 5 atom stereocenters. The van der Waals surface area contributed by atoms with Gasteiger partial charge in [0.25, 0.3) is 0 Å². The Morgan fingerprint density at radius 2 is 1.68 bits per heavy atom. The van der Waals surface area contributed by atoms with Crippen molar-refractivity contribution in [1.82, 2.24) is 34.9 Å². The number of piperazine rings is 1. The van der Waals surface area contributed by atoms with Gasteiger partial charge in [-0.15, -0.1) is 0 Å². The fourth-order valence-corrected chi connectivity index (χ4v) is 13.9. The molecule has 4 aromatic rings. The highest BCUT2D eigenvalue weighted by atomic mass is 35.5. The zero-order valence-electron chi connectivity index (χ0n) is 40.1. The number of unbranched alkanes of at least 4 members (excludes halogenated alkanes) is 2. The Labute approximate surface area is 422 Å². The number of piperidine rings is 1. The molecule has 4 amide bonds. The smallest absolute Gasteiger partial charge is 0.329 e. The summed E-state index contributed by atoms with van der Waals surface area (Å²) in [4.78, 5) is 84.1. The number of imide groups is 1. The number of carboxylic acids is 1. The summed E-state index contributed by atoms with van der Waals surface area (Å²) in [7, 11) is 1.70. The number of anilines is 1. The summed E-state index contributed by atoms with van der Waals surface area (Å²) in [5, 5.41) is 23.3. The Hall–Kier alpha value is -5.13. The summed E-state index contributed by atoms with van der Waals surface area (Å²) in [5.41, 5.74) is 1.60. The van der Waals surface area contributed by atoms with Crippen LogP contribution in [0.25, 0.3) is 11.0 Å². The second-order valence-corrected chi connectivity index (χ2v) is 21.9. The number of nitrogens with one attached hydrogen (secondary N) is 4. The van der Waals surface area contributed by atoms with Crippen LogP contribution in [0, 0.1) is 11.7 Å². The molecule has 378 valence electrons. The van der Waals surface area contributed by atoms with Crippen molar-refractivity contribution in [2.45, 2.75) is 137 Å². The minimum Gasteiger partial charge on any atom is -0.480 e. The van der Waals surface area contributed by atoms with Crippen molar-refractivity contribution >= 4 is 69.5 Å². The lowest BCUT2D eigenvalue weighted by atomic mass is 9.55. The monoisotopic (exact) mass is 1010 g/mol. The number of hydrogen-bond donors (Lipinski definition) is 5. The van der Waals surface area contributed by atoms with E-state index in [4.69, 9.17) is 23.2 Å². The average molecular weight is 1010 g/mol. The van der Waals surface area contributed by atoms with Gasteiger partial charge in [-0.1, -0.05) is 73.2 Å². The molecule has 18 heteroatoms. The SMILES string of the molecule is Cn1c(=O)n(C2CCC(=O)NC2=O)c2ccc(CCCCCN3CCN(CC4CCC(NC(=O)[C@@H]5NC6(CCCCC6)[C@@]6(C(=O)Nc7cc(Cl)ccc76)[C@H]5c5cccc(Cl)c5F)CC4)[C@H](C(=O)O)C3)cc21. The highest BCUT2D eigenvalue weighted by Crippen LogP contribution is 2.63. The molecule has 2 spiro atoms. The van der Waals surface area contributed by atoms with Crippen molar-refractivity contribution in [2.24, 2.45) is 13.0 Å². The van der Waals surface area contributed by atoms with Crippen LogP contribution >= 0.6 is 23.2 Å². The number of amides is 4. The maximum absolute atomic E-state index is 16.4. The average Bonchev–Trinajstić information content (AvgIpc) is 3.90. The second-order valence-electron chi connectivity index (χ2n) is 21.0. The quantitative estimate of drug-likeness (QED) is 0.0725. The molecule has 1 unspecified atom stereocenters. The summed E-state index contributed by atoms with van der Waals surface area (Å²) in [5.74, 6) is -3.41. The van der Waals surface area contributed by atoms with E-state index in [0.717, 1.165) is 94.8 Å². The van der Waals surface area contributed by atoms with Crippen LogP contribution in [-0.4, -0.2) is 110 Å². The predicted octanol–water partition coefficient (Wildman–Crippen LogP) is 6.57. The van der Waals surface area contributed by atoms with Crippen LogP contribution in [0.2, 0.25) is 10.0 Å². The van der Waals surface area contributed by atoms with Gasteiger partial charge in [0.1, 0.15) is 23.3 Å². The number of rotatable bonds is 13. The summed E-state index contributed by atoms with van der Waals surface area (Å²) in [6.45, 7) is 3.37. The maximum atomic E-state index is 16.4. The van der Waals surface area contributed by atoms with Crippen LogP contribution < -0.4 is 27.0 Å². The van der Waals surface area contributed by atoms with E-state index in [1.165, 1.54) is 10.6 Å². The lowest BCUT2D eigenvalue weighted by molar-refractivity contribution is -0.146. The van der Waals surface area contributed by atoms with Gasteiger partial charge in [-0.2, -0.15) is 0 Å². The molecule has 2 saturated carbocycles. The lowest BCUT2D eigenvalue weighted by Gasteiger charge is -2.47. The molecule has 10 rings (SSSR count). The predicted molar refractivity (Wildman–Crippen MR) is 268 cm³/mol. The number of hydrogen-bond acceptors (Lipinski definition) is 9. The van der Waals surface area contributed by atoms with Crippen LogP contribution in [-0.2, 0) is 42.9 Å². The van der Waals surface area contributed by atoms with Crippen molar-refractivity contribution in [3.8, 4) is 0 Å². The Bertz CT molecular complexity index is 2820. The highest BCUT2D eigenvalue weighted by molar-refractivity contribution is 6.31. The number of carbonyl (C=O) groups excluding carboxylic acids is 4. The van der Waals surface area contributed by atoms with Gasteiger partial charge >= 0.3 is 11.7 Å². The van der Waals surface area contributed by atoms with Crippen molar-refractivity contribution < 1.29 is 33.5 Å². The highest BCUT2D eigenvalue weighted by Gasteiger charge is 2.72. The van der Waals surface area contributed by atoms with Gasteiger partial charge in [-0.05, 0) is 124 Å². The first kappa shape index (κ1) is 49.4. The molecule has 15 nitrogen and oxygen atoms in total. The van der Waals surface area contributed by atoms with E-state index in [1.54, 1.807) is 35.9 Å². The number of nitrogens with zero attached hydrogens (tertiary/aromatic N) is 4. The number of aliphatic carboxylic acids is 1. The minimum absolute atomic E-state index is 0.0702. The number of aryl methyl sites for hydroxylation is 2. The Balaban J connectivity index is 0.731. The van der Waals surface area contributed by atoms with Crippen molar-refractivity contribution in [3.05, 3.63) is 97.6 Å². The molecule has 5 fully saturated rings. The van der Waals surface area contributed by atoms with Gasteiger partial charge in [-0.3, -0.25) is 53.5 Å². The molecular formula is C53H63Cl2FN8O7. The molecule has 3 saturated heterocycles. The number of aromatic nitrogens is 2. The van der Waals surface area contributed by atoms with Crippen LogP contribution in [0.3, 0.4) is 0 Å². The van der Waals surface area contributed by atoms with Gasteiger partial charge in [0.05, 0.1) is 22.1 Å². The van der Waals surface area contributed by atoms with Crippen LogP contribution in [0.1, 0.15) is 119 Å². The topological polar surface area (TPSA) is 187 Å². The number of fused-ring (bicyclic) bond motifs is 4. The summed E-state index contributed by atoms with van der Waals surface area (Å²) in [6.07, 6.45) is 11.2. The second kappa shape index (κ2) is 20.1. The third-order valence-corrected chi connectivity index (χ3v) is 17.5. The number of imidazole rings is 1. The molecular weight excluding hydrogens is 951 g/mol. The van der Waals surface area contributed by atoms with E-state index in [-0.39, 0.29) is 58.8 Å². The summed E-state index contributed by atoms with van der Waals surface area (Å²) >= 11 is 12.9. The Morgan fingerprint density at radius 1 is 0.887 bits per heavy atom. The fraction of sp³-hybridized carbons (Fsp3) is 0.547. The van der Waals surface area contributed by atoms with E-state index in [2.05, 4.69) is 31.1 Å². The molecule has 0 bridgehead atoms. The fourth-order valence-electron chi connectivity index (χ4n) is 13.5. The van der Waals surface area contributed by atoms with Crippen molar-refractivity contribution in [3.63, 3.8) is 0 Å². The lowest BCUT2D eigenvalue weighted by Crippen LogP contribution is -2.60. The molecule has 71 heavy (non-hydrogen) atoms. The third kappa shape index (κ3) is 8.99. The van der Waals surface area contributed by atoms with Crippen LogP contribution in [0.5, 0.6) is 0 Å². The number of carbonyl (C=O) groups is 5. The molecule has 2 aliphatic carbocycles. The van der Waals surface area contributed by atoms with E-state index in [0.29, 0.717) is 54.3 Å². The van der Waals surface area contributed by atoms with Crippen molar-refractivity contribution in [2.75, 3.05) is 38.0 Å². The first-order valence-corrected chi connectivity index (χ1v) is 26.3. The van der Waals surface area contributed by atoms with Crippen LogP contribution in [0.4, 0.5) is 10.1 Å². The van der Waals surface area contributed by atoms with E-state index >= 15 is 4.39 Å². The van der Waals surface area contributed by atoms with Gasteiger partial charge in [-0.25, -0.2) is 9.18 Å². The molecule has 1 aromatic heterocycles. The Kier molecular flexibility index (Phi) is 14.0. The summed E-state index contributed by atoms with van der Waals surface area (Å²) in [6, 6.07) is 13.6. The van der Waals surface area contributed by atoms with Gasteiger partial charge in [0.15, 0.2) is 0 Å². The molecule has 5 N–H and O–H groups in total. The molecule has 4 aliphatic heterocycles. The van der Waals surface area contributed by atoms with Gasteiger partial charge in [0, 0.05) is 67.9 Å². The minimum atomic E-state index is -1.30. The number of halogens is 3. The zero-order valence-corrected chi connectivity index (χ0v) is 41.6. The maximum Gasteiger partial charge on any atom is 0.329 e. The normalized spacial score (nSPS) is 27.8. The third-order valence-electron chi connectivity index (χ3n) is 17.0. The van der Waals surface area contributed by atoms with E-state index in [1.807, 2.05) is 24.3 Å². The van der Waals surface area contributed by atoms with Gasteiger partial charge < -0.3 is 15.7 Å². The molecule has 5 heterocycles. The van der Waals surface area contributed by atoms with Crippen molar-refractivity contribution in [1.29, 1.82) is 0 Å². The number of carboxylic acid groups (broad SMARTS) is 1. The van der Waals surface area contributed by atoms with Crippen LogP contribution in [0.15, 0.2) is 59.4 Å². The largest absolute Gasteiger partial charge is 0.480 e. The standard InChI is InChI=1S/C53H63Cl2FN8O7/c1-61-41-27-31(14-19-39(41)64(51(61)71)40-20-21-43(65)59-47(40)66)9-4-2-7-24-62-25-26-63(42(30-62)49(68)69)29-32-12-16-34(17-13-32)57-48(67)46-44(35-10-8-11-37(55)45(35)56)53(52(60-46)22-5-3-6-23-52)36-18-15-33(54)28-38(36)58-50(53)70/h8,10-11,14-15,18-19,27-28,32,34,40,42,44,46,60H,2-7,9,12-13,16-17,20-26,29-30H2,1H3,(H,57,67)(H,58,70)(H,68,69)(H,59,65,66)/t32?,34?,40?,42-,44-,46+,53+/m0/s1. The van der Waals surface area contributed by atoms with E-state index < -0.39 is 52.7 Å². The first-order valence-electron chi connectivity index (χ1n) is 25.6. The Morgan fingerprint density at radius 3 is 2.44 bits per heavy atom. The van der Waals surface area contributed by atoms with E-state index in [9.17, 15) is 33.9 Å². The molecule has 3 aromatic carbocycles. The number of benzene rings is 3. The van der Waals surface area contributed by atoms with Gasteiger partial charge in [0.2, 0.25) is 23.6 Å². The molecule has 6 aliphatic rings. The zero-order chi connectivity index (χ0) is 49.8. The molecule has 0 radical (unpaired) electrons.